The minimum atomic E-state index is 1.16. The molecule has 154 valence electrons. The second-order valence-corrected chi connectivity index (χ2v) is 8.15. The van der Waals surface area contributed by atoms with E-state index in [0.717, 1.165) is 17.1 Å². The number of piperidine rings is 1. The van der Waals surface area contributed by atoms with E-state index in [9.17, 15) is 0 Å². The van der Waals surface area contributed by atoms with Gasteiger partial charge in [-0.25, -0.2) is 0 Å². The average molecular weight is 405 g/mol. The normalized spacial score (nSPS) is 13.7. The van der Waals surface area contributed by atoms with Crippen molar-refractivity contribution in [3.63, 3.8) is 0 Å². The lowest BCUT2D eigenvalue weighted by atomic mass is 10.0. The van der Waals surface area contributed by atoms with Gasteiger partial charge in [0, 0.05) is 35.8 Å². The van der Waals surface area contributed by atoms with Crippen LogP contribution in [0.15, 0.2) is 109 Å². The molecule has 0 N–H and O–H groups in total. The van der Waals surface area contributed by atoms with Crippen LogP contribution in [0.2, 0.25) is 0 Å². The van der Waals surface area contributed by atoms with Crippen LogP contribution in [0, 0.1) is 0 Å². The van der Waals surface area contributed by atoms with Crippen LogP contribution in [0.4, 0.5) is 22.7 Å². The number of para-hydroxylation sites is 2. The third-order valence-corrected chi connectivity index (χ3v) is 6.08. The van der Waals surface area contributed by atoms with Crippen molar-refractivity contribution in [3.8, 4) is 11.1 Å². The van der Waals surface area contributed by atoms with Crippen molar-refractivity contribution in [2.75, 3.05) is 22.9 Å². The fourth-order valence-corrected chi connectivity index (χ4v) is 4.42. The molecule has 1 fully saturated rings. The Morgan fingerprint density at radius 3 is 1.42 bits per heavy atom. The molecule has 31 heavy (non-hydrogen) atoms. The van der Waals surface area contributed by atoms with Crippen LogP contribution in [-0.4, -0.2) is 13.1 Å². The van der Waals surface area contributed by atoms with E-state index in [1.54, 1.807) is 0 Å². The Hall–Kier alpha value is -3.52. The molecule has 0 saturated carbocycles. The molecule has 2 nitrogen and oxygen atoms in total. The van der Waals surface area contributed by atoms with Gasteiger partial charge in [-0.05, 0) is 78.9 Å². The van der Waals surface area contributed by atoms with Crippen LogP contribution in [0.5, 0.6) is 0 Å². The van der Waals surface area contributed by atoms with Crippen LogP contribution in [0.1, 0.15) is 19.3 Å². The first kappa shape index (κ1) is 19.4. The molecule has 4 aromatic rings. The Morgan fingerprint density at radius 1 is 0.452 bits per heavy atom. The molecule has 0 spiro atoms. The minimum Gasteiger partial charge on any atom is -0.372 e. The number of anilines is 4. The van der Waals surface area contributed by atoms with Gasteiger partial charge in [-0.2, -0.15) is 0 Å². The van der Waals surface area contributed by atoms with Crippen molar-refractivity contribution in [2.24, 2.45) is 0 Å². The van der Waals surface area contributed by atoms with Crippen molar-refractivity contribution in [1.29, 1.82) is 0 Å². The largest absolute Gasteiger partial charge is 0.372 e. The van der Waals surface area contributed by atoms with E-state index in [1.807, 2.05) is 0 Å². The van der Waals surface area contributed by atoms with Crippen LogP contribution >= 0.6 is 0 Å². The van der Waals surface area contributed by atoms with Crippen molar-refractivity contribution < 1.29 is 0 Å². The van der Waals surface area contributed by atoms with E-state index in [0.29, 0.717) is 0 Å². The van der Waals surface area contributed by atoms with Crippen LogP contribution < -0.4 is 9.80 Å². The monoisotopic (exact) mass is 404 g/mol. The molecule has 0 aromatic heterocycles. The summed E-state index contributed by atoms with van der Waals surface area (Å²) in [5, 5.41) is 0. The third-order valence-electron chi connectivity index (χ3n) is 6.08. The summed E-state index contributed by atoms with van der Waals surface area (Å²) in [6, 6.07) is 39.0. The molecule has 5 rings (SSSR count). The first-order valence-electron chi connectivity index (χ1n) is 11.2. The van der Waals surface area contributed by atoms with E-state index in [-0.39, 0.29) is 0 Å². The summed E-state index contributed by atoms with van der Waals surface area (Å²) < 4.78 is 0. The Morgan fingerprint density at radius 2 is 0.903 bits per heavy atom. The van der Waals surface area contributed by atoms with E-state index in [1.165, 1.54) is 49.2 Å². The van der Waals surface area contributed by atoms with Gasteiger partial charge >= 0.3 is 0 Å². The molecule has 0 amide bonds. The first-order valence-corrected chi connectivity index (χ1v) is 11.2. The van der Waals surface area contributed by atoms with E-state index < -0.39 is 0 Å². The molecule has 2 heteroatoms. The summed E-state index contributed by atoms with van der Waals surface area (Å²) in [6.45, 7) is 2.37. The lowest BCUT2D eigenvalue weighted by molar-refractivity contribution is 0.578. The molecule has 0 unspecified atom stereocenters. The fraction of sp³-hybridized carbons (Fsp3) is 0.172. The van der Waals surface area contributed by atoms with Gasteiger partial charge in [0.1, 0.15) is 0 Å². The molecule has 1 heterocycles. The Balaban J connectivity index is 1.41. The van der Waals surface area contributed by atoms with Crippen molar-refractivity contribution in [1.82, 2.24) is 0 Å². The highest BCUT2D eigenvalue weighted by molar-refractivity contribution is 5.78. The Bertz CT molecular complexity index is 1040. The molecule has 4 aromatic carbocycles. The van der Waals surface area contributed by atoms with E-state index >= 15 is 0 Å². The molecule has 1 aliphatic heterocycles. The molecule has 0 aliphatic carbocycles. The quantitative estimate of drug-likeness (QED) is 0.334. The smallest absolute Gasteiger partial charge is 0.0462 e. The number of benzene rings is 4. The SMILES string of the molecule is c1ccc(N(c2ccccc2)c2ccc(-c3ccc(N4CCCCC4)cc3)cc2)cc1. The second kappa shape index (κ2) is 9.09. The fourth-order valence-electron chi connectivity index (χ4n) is 4.42. The molecule has 0 bridgehead atoms. The highest BCUT2D eigenvalue weighted by atomic mass is 15.1. The highest BCUT2D eigenvalue weighted by Gasteiger charge is 2.13. The van der Waals surface area contributed by atoms with Gasteiger partial charge in [0.05, 0.1) is 0 Å². The van der Waals surface area contributed by atoms with Gasteiger partial charge in [-0.15, -0.1) is 0 Å². The van der Waals surface area contributed by atoms with Crippen LogP contribution in [0.3, 0.4) is 0 Å². The number of nitrogens with zero attached hydrogens (tertiary/aromatic N) is 2. The predicted octanol–water partition coefficient (Wildman–Crippen LogP) is 7.81. The van der Waals surface area contributed by atoms with Gasteiger partial charge in [-0.3, -0.25) is 0 Å². The molecular weight excluding hydrogens is 376 g/mol. The molecular formula is C29H28N2. The summed E-state index contributed by atoms with van der Waals surface area (Å²) in [6.07, 6.45) is 3.98. The van der Waals surface area contributed by atoms with Crippen molar-refractivity contribution in [3.05, 3.63) is 109 Å². The Kier molecular flexibility index (Phi) is 5.70. The zero-order valence-electron chi connectivity index (χ0n) is 17.8. The predicted molar refractivity (Wildman–Crippen MR) is 133 cm³/mol. The van der Waals surface area contributed by atoms with Crippen LogP contribution in [0.25, 0.3) is 11.1 Å². The average Bonchev–Trinajstić information content (AvgIpc) is 2.87. The maximum absolute atomic E-state index is 2.51. The van der Waals surface area contributed by atoms with Gasteiger partial charge in [0.25, 0.3) is 0 Å². The summed E-state index contributed by atoms with van der Waals surface area (Å²) in [7, 11) is 0. The zero-order valence-corrected chi connectivity index (χ0v) is 17.8. The minimum absolute atomic E-state index is 1.16. The maximum Gasteiger partial charge on any atom is 0.0462 e. The van der Waals surface area contributed by atoms with Gasteiger partial charge < -0.3 is 9.80 Å². The zero-order chi connectivity index (χ0) is 20.9. The summed E-state index contributed by atoms with van der Waals surface area (Å²) >= 11 is 0. The van der Waals surface area contributed by atoms with Gasteiger partial charge in [0.2, 0.25) is 0 Å². The second-order valence-electron chi connectivity index (χ2n) is 8.15. The molecule has 1 saturated heterocycles. The lowest BCUT2D eigenvalue weighted by Crippen LogP contribution is -2.29. The summed E-state index contributed by atoms with van der Waals surface area (Å²) in [5.41, 5.74) is 7.33. The maximum atomic E-state index is 2.51. The summed E-state index contributed by atoms with van der Waals surface area (Å²) in [4.78, 5) is 4.80. The first-order chi connectivity index (χ1) is 15.4. The van der Waals surface area contributed by atoms with E-state index in [2.05, 4.69) is 119 Å². The number of hydrogen-bond acceptors (Lipinski definition) is 2. The van der Waals surface area contributed by atoms with Gasteiger partial charge in [0.15, 0.2) is 0 Å². The number of rotatable bonds is 5. The molecule has 0 atom stereocenters. The van der Waals surface area contributed by atoms with Gasteiger partial charge in [-0.1, -0.05) is 60.7 Å². The standard InChI is InChI=1S/C29H28N2/c1-4-10-27(11-5-1)31(28-12-6-2-7-13-28)29-20-16-25(17-21-29)24-14-18-26(19-15-24)30-22-8-3-9-23-30/h1-2,4-7,10-21H,3,8-9,22-23H2. The van der Waals surface area contributed by atoms with Crippen molar-refractivity contribution >= 4 is 22.7 Å². The van der Waals surface area contributed by atoms with Crippen LogP contribution in [-0.2, 0) is 0 Å². The van der Waals surface area contributed by atoms with E-state index in [4.69, 9.17) is 0 Å². The summed E-state index contributed by atoms with van der Waals surface area (Å²) in [5.74, 6) is 0. The highest BCUT2D eigenvalue weighted by Crippen LogP contribution is 2.35. The third kappa shape index (κ3) is 4.34. The topological polar surface area (TPSA) is 6.48 Å². The Labute approximate surface area is 185 Å². The molecule has 0 radical (unpaired) electrons. The van der Waals surface area contributed by atoms with Crippen molar-refractivity contribution in [2.45, 2.75) is 19.3 Å². The number of hydrogen-bond donors (Lipinski definition) is 0. The lowest BCUT2D eigenvalue weighted by Gasteiger charge is -2.29. The molecule has 1 aliphatic rings.